The Morgan fingerprint density at radius 3 is 2.93 bits per heavy atom. The van der Waals surface area contributed by atoms with Gasteiger partial charge in [-0.15, -0.1) is 0 Å². The number of nitrogens with one attached hydrogen (secondary N) is 1. The minimum atomic E-state index is 0.119. The van der Waals surface area contributed by atoms with E-state index in [-0.39, 0.29) is 6.61 Å². The zero-order valence-corrected chi connectivity index (χ0v) is 9.10. The second-order valence-electron chi connectivity index (χ2n) is 3.24. The normalized spacial score (nSPS) is 9.86. The third kappa shape index (κ3) is 3.85. The highest BCUT2D eigenvalue weighted by atomic mass is 32.1. The fourth-order valence-electron chi connectivity index (χ4n) is 1.27. The Balaban J connectivity index is 2.47. The van der Waals surface area contributed by atoms with E-state index in [0.29, 0.717) is 6.54 Å². The van der Waals surface area contributed by atoms with Gasteiger partial charge < -0.3 is 10.4 Å². The summed E-state index contributed by atoms with van der Waals surface area (Å²) in [5.41, 5.74) is 2.45. The lowest BCUT2D eigenvalue weighted by atomic mass is 10.1. The summed E-state index contributed by atoms with van der Waals surface area (Å²) in [4.78, 5) is 0.782. The van der Waals surface area contributed by atoms with Gasteiger partial charge in [-0.2, -0.15) is 0 Å². The van der Waals surface area contributed by atoms with Crippen LogP contribution in [-0.2, 0) is 6.42 Å². The number of benzene rings is 1. The van der Waals surface area contributed by atoms with Crippen LogP contribution in [-0.4, -0.2) is 23.2 Å². The molecule has 14 heavy (non-hydrogen) atoms. The van der Waals surface area contributed by atoms with Crippen LogP contribution in [0.4, 0.5) is 0 Å². The Labute approximate surface area is 90.0 Å². The maximum Gasteiger partial charge on any atom is 0.0798 e. The van der Waals surface area contributed by atoms with E-state index in [4.69, 9.17) is 17.3 Å². The first-order chi connectivity index (χ1) is 6.72. The van der Waals surface area contributed by atoms with Crippen molar-refractivity contribution in [2.75, 3.05) is 13.2 Å². The van der Waals surface area contributed by atoms with Crippen LogP contribution in [0.3, 0.4) is 0 Å². The highest BCUT2D eigenvalue weighted by molar-refractivity contribution is 7.80. The maximum atomic E-state index is 8.60. The monoisotopic (exact) mass is 209 g/mol. The molecule has 0 radical (unpaired) electrons. The van der Waals surface area contributed by atoms with E-state index in [0.717, 1.165) is 11.4 Å². The van der Waals surface area contributed by atoms with E-state index in [1.165, 1.54) is 11.1 Å². The van der Waals surface area contributed by atoms with Crippen LogP contribution >= 0.6 is 12.2 Å². The summed E-state index contributed by atoms with van der Waals surface area (Å²) in [5.74, 6) is 0. The van der Waals surface area contributed by atoms with E-state index >= 15 is 0 Å². The highest BCUT2D eigenvalue weighted by Crippen LogP contribution is 2.04. The molecule has 0 aliphatic rings. The van der Waals surface area contributed by atoms with Gasteiger partial charge in [-0.1, -0.05) is 42.0 Å². The molecule has 0 bridgehead atoms. The Kier molecular flexibility index (Phi) is 4.56. The second-order valence-corrected chi connectivity index (χ2v) is 3.73. The van der Waals surface area contributed by atoms with Crippen molar-refractivity contribution >= 4 is 17.2 Å². The molecule has 1 rings (SSSR count). The van der Waals surface area contributed by atoms with Gasteiger partial charge in [-0.3, -0.25) is 0 Å². The number of rotatable bonds is 4. The minimum Gasteiger partial charge on any atom is -0.395 e. The second kappa shape index (κ2) is 5.73. The van der Waals surface area contributed by atoms with Crippen molar-refractivity contribution in [3.05, 3.63) is 35.4 Å². The molecule has 2 nitrogen and oxygen atoms in total. The Morgan fingerprint density at radius 1 is 1.50 bits per heavy atom. The summed E-state index contributed by atoms with van der Waals surface area (Å²) >= 11 is 5.12. The molecule has 0 aliphatic heterocycles. The van der Waals surface area contributed by atoms with Gasteiger partial charge in [-0.05, 0) is 12.5 Å². The predicted molar refractivity (Wildman–Crippen MR) is 62.6 cm³/mol. The number of thiocarbonyl (C=S) groups is 1. The molecular weight excluding hydrogens is 194 g/mol. The van der Waals surface area contributed by atoms with Crippen LogP contribution in [0.2, 0.25) is 0 Å². The molecule has 0 heterocycles. The van der Waals surface area contributed by atoms with Crippen molar-refractivity contribution in [1.82, 2.24) is 5.32 Å². The first-order valence-electron chi connectivity index (χ1n) is 4.65. The number of hydrogen-bond donors (Lipinski definition) is 2. The van der Waals surface area contributed by atoms with Gasteiger partial charge in [0, 0.05) is 13.0 Å². The zero-order chi connectivity index (χ0) is 10.4. The molecule has 0 fully saturated rings. The molecule has 0 aromatic heterocycles. The SMILES string of the molecule is Cc1cccc(CC(=S)NCCO)c1. The molecule has 0 unspecified atom stereocenters. The van der Waals surface area contributed by atoms with E-state index in [1.54, 1.807) is 0 Å². The molecule has 0 aliphatic carbocycles. The molecule has 0 amide bonds. The van der Waals surface area contributed by atoms with Crippen molar-refractivity contribution in [3.8, 4) is 0 Å². The van der Waals surface area contributed by atoms with Gasteiger partial charge in [0.15, 0.2) is 0 Å². The first-order valence-corrected chi connectivity index (χ1v) is 5.06. The molecule has 0 atom stereocenters. The fraction of sp³-hybridized carbons (Fsp3) is 0.364. The molecule has 76 valence electrons. The number of aliphatic hydroxyl groups excluding tert-OH is 1. The molecule has 3 heteroatoms. The smallest absolute Gasteiger partial charge is 0.0798 e. The lowest BCUT2D eigenvalue weighted by Crippen LogP contribution is -2.26. The lowest BCUT2D eigenvalue weighted by molar-refractivity contribution is 0.300. The Bertz CT molecular complexity index is 312. The Hall–Kier alpha value is -0.930. The van der Waals surface area contributed by atoms with Gasteiger partial charge in [0.05, 0.1) is 11.6 Å². The maximum absolute atomic E-state index is 8.60. The molecule has 1 aromatic carbocycles. The summed E-state index contributed by atoms with van der Waals surface area (Å²) in [7, 11) is 0. The van der Waals surface area contributed by atoms with Crippen molar-refractivity contribution < 1.29 is 5.11 Å². The van der Waals surface area contributed by atoms with Crippen molar-refractivity contribution in [3.63, 3.8) is 0 Å². The third-order valence-electron chi connectivity index (χ3n) is 1.88. The summed E-state index contributed by atoms with van der Waals surface area (Å²) in [6, 6.07) is 8.26. The van der Waals surface area contributed by atoms with Crippen molar-refractivity contribution in [2.24, 2.45) is 0 Å². The average Bonchev–Trinajstić information content (AvgIpc) is 2.15. The predicted octanol–water partition coefficient (Wildman–Crippen LogP) is 1.45. The van der Waals surface area contributed by atoms with E-state index < -0.39 is 0 Å². The van der Waals surface area contributed by atoms with E-state index in [9.17, 15) is 0 Å². The van der Waals surface area contributed by atoms with Gasteiger partial charge in [0.25, 0.3) is 0 Å². The van der Waals surface area contributed by atoms with Gasteiger partial charge >= 0.3 is 0 Å². The average molecular weight is 209 g/mol. The quantitative estimate of drug-likeness (QED) is 0.736. The van der Waals surface area contributed by atoms with Gasteiger partial charge in [0.1, 0.15) is 0 Å². The Morgan fingerprint density at radius 2 is 2.29 bits per heavy atom. The van der Waals surface area contributed by atoms with Gasteiger partial charge in [-0.25, -0.2) is 0 Å². The molecule has 0 saturated heterocycles. The van der Waals surface area contributed by atoms with Crippen molar-refractivity contribution in [1.29, 1.82) is 0 Å². The summed E-state index contributed by atoms with van der Waals surface area (Å²) in [5, 5.41) is 11.6. The van der Waals surface area contributed by atoms with Crippen LogP contribution in [0.15, 0.2) is 24.3 Å². The van der Waals surface area contributed by atoms with Crippen LogP contribution in [0.25, 0.3) is 0 Å². The van der Waals surface area contributed by atoms with E-state index in [1.807, 2.05) is 6.07 Å². The first kappa shape index (κ1) is 11.1. The number of hydrogen-bond acceptors (Lipinski definition) is 2. The van der Waals surface area contributed by atoms with Crippen LogP contribution < -0.4 is 5.32 Å². The summed E-state index contributed by atoms with van der Waals surface area (Å²) in [6.45, 7) is 2.71. The summed E-state index contributed by atoms with van der Waals surface area (Å²) in [6.07, 6.45) is 0.747. The topological polar surface area (TPSA) is 32.3 Å². The summed E-state index contributed by atoms with van der Waals surface area (Å²) < 4.78 is 0. The largest absolute Gasteiger partial charge is 0.395 e. The molecule has 0 spiro atoms. The number of aliphatic hydroxyl groups is 1. The molecule has 0 saturated carbocycles. The number of aryl methyl sites for hydroxylation is 1. The van der Waals surface area contributed by atoms with Crippen molar-refractivity contribution in [2.45, 2.75) is 13.3 Å². The highest BCUT2D eigenvalue weighted by Gasteiger charge is 1.98. The van der Waals surface area contributed by atoms with Crippen LogP contribution in [0, 0.1) is 6.92 Å². The van der Waals surface area contributed by atoms with Crippen LogP contribution in [0.1, 0.15) is 11.1 Å². The fourth-order valence-corrected chi connectivity index (χ4v) is 1.53. The standard InChI is InChI=1S/C11H15NOS/c1-9-3-2-4-10(7-9)8-11(14)12-5-6-13/h2-4,7,13H,5-6,8H2,1H3,(H,12,14). The van der Waals surface area contributed by atoms with E-state index in [2.05, 4.69) is 30.4 Å². The zero-order valence-electron chi connectivity index (χ0n) is 8.29. The van der Waals surface area contributed by atoms with Crippen LogP contribution in [0.5, 0.6) is 0 Å². The minimum absolute atomic E-state index is 0.119. The molecule has 2 N–H and O–H groups in total. The lowest BCUT2D eigenvalue weighted by Gasteiger charge is -2.06. The van der Waals surface area contributed by atoms with Gasteiger partial charge in [0.2, 0.25) is 0 Å². The molecular formula is C11H15NOS. The molecule has 1 aromatic rings. The third-order valence-corrected chi connectivity index (χ3v) is 2.17.